The van der Waals surface area contributed by atoms with E-state index >= 15 is 0 Å². The van der Waals surface area contributed by atoms with E-state index in [9.17, 15) is 0 Å². The fourth-order valence-electron chi connectivity index (χ4n) is 2.25. The van der Waals surface area contributed by atoms with Crippen molar-refractivity contribution in [2.75, 3.05) is 32.9 Å². The number of nitrogen functional groups attached to an aromatic ring is 1. The first-order valence-corrected chi connectivity index (χ1v) is 6.67. The van der Waals surface area contributed by atoms with Crippen LogP contribution in [0.25, 0.3) is 0 Å². The second kappa shape index (κ2) is 6.76. The standard InChI is InChI=1S/C15H27N3/c1-6-18(13(3)10-17(4)5)11-14-8-7-12(2)15(16)9-14/h7-9,13H,6,10-11,16H2,1-5H3. The molecule has 0 aliphatic heterocycles. The molecule has 18 heavy (non-hydrogen) atoms. The molecule has 0 saturated carbocycles. The minimum absolute atomic E-state index is 0.549. The third kappa shape index (κ3) is 4.31. The van der Waals surface area contributed by atoms with Crippen LogP contribution in [0.2, 0.25) is 0 Å². The van der Waals surface area contributed by atoms with Crippen molar-refractivity contribution < 1.29 is 0 Å². The van der Waals surface area contributed by atoms with Gasteiger partial charge >= 0.3 is 0 Å². The predicted molar refractivity (Wildman–Crippen MR) is 79.7 cm³/mol. The minimum atomic E-state index is 0.549. The molecule has 0 saturated heterocycles. The first-order valence-electron chi connectivity index (χ1n) is 6.67. The Morgan fingerprint density at radius 2 is 1.94 bits per heavy atom. The van der Waals surface area contributed by atoms with Crippen molar-refractivity contribution >= 4 is 5.69 Å². The topological polar surface area (TPSA) is 32.5 Å². The summed E-state index contributed by atoms with van der Waals surface area (Å²) in [7, 11) is 4.24. The Balaban J connectivity index is 2.70. The highest BCUT2D eigenvalue weighted by Crippen LogP contribution is 2.15. The molecule has 102 valence electrons. The number of rotatable bonds is 6. The maximum Gasteiger partial charge on any atom is 0.0346 e. The molecule has 2 N–H and O–H groups in total. The van der Waals surface area contributed by atoms with Crippen LogP contribution in [0.3, 0.4) is 0 Å². The Hall–Kier alpha value is -1.06. The number of hydrogen-bond donors (Lipinski definition) is 1. The van der Waals surface area contributed by atoms with Crippen LogP contribution in [0.1, 0.15) is 25.0 Å². The lowest BCUT2D eigenvalue weighted by atomic mass is 10.1. The van der Waals surface area contributed by atoms with Crippen LogP contribution in [0, 0.1) is 6.92 Å². The van der Waals surface area contributed by atoms with Gasteiger partial charge in [-0.2, -0.15) is 0 Å². The van der Waals surface area contributed by atoms with E-state index in [-0.39, 0.29) is 0 Å². The molecule has 0 fully saturated rings. The molecule has 3 heteroatoms. The summed E-state index contributed by atoms with van der Waals surface area (Å²) < 4.78 is 0. The van der Waals surface area contributed by atoms with Gasteiger partial charge in [0.25, 0.3) is 0 Å². The van der Waals surface area contributed by atoms with E-state index in [1.165, 1.54) is 5.56 Å². The zero-order chi connectivity index (χ0) is 13.7. The zero-order valence-electron chi connectivity index (χ0n) is 12.4. The molecule has 0 radical (unpaired) electrons. The van der Waals surface area contributed by atoms with Gasteiger partial charge < -0.3 is 10.6 Å². The fourth-order valence-corrected chi connectivity index (χ4v) is 2.25. The first-order chi connectivity index (χ1) is 8.43. The van der Waals surface area contributed by atoms with Gasteiger partial charge in [-0.1, -0.05) is 19.1 Å². The van der Waals surface area contributed by atoms with Gasteiger partial charge in [-0.3, -0.25) is 4.90 Å². The summed E-state index contributed by atoms with van der Waals surface area (Å²) in [6.07, 6.45) is 0. The Morgan fingerprint density at radius 3 is 2.44 bits per heavy atom. The Morgan fingerprint density at radius 1 is 1.28 bits per heavy atom. The molecule has 0 amide bonds. The normalized spacial score (nSPS) is 13.3. The minimum Gasteiger partial charge on any atom is -0.399 e. The highest BCUT2D eigenvalue weighted by molar-refractivity contribution is 5.48. The van der Waals surface area contributed by atoms with E-state index in [1.807, 2.05) is 6.92 Å². The predicted octanol–water partition coefficient (Wildman–Crippen LogP) is 2.35. The number of nitrogens with two attached hydrogens (primary N) is 1. The van der Waals surface area contributed by atoms with Gasteiger partial charge in [0.15, 0.2) is 0 Å². The number of benzene rings is 1. The van der Waals surface area contributed by atoms with E-state index in [2.05, 4.69) is 55.9 Å². The molecule has 0 spiro atoms. The maximum absolute atomic E-state index is 5.97. The van der Waals surface area contributed by atoms with Gasteiger partial charge in [-0.15, -0.1) is 0 Å². The van der Waals surface area contributed by atoms with E-state index in [1.54, 1.807) is 0 Å². The van der Waals surface area contributed by atoms with Gasteiger partial charge in [-0.05, 0) is 51.7 Å². The number of nitrogens with zero attached hydrogens (tertiary/aromatic N) is 2. The monoisotopic (exact) mass is 249 g/mol. The van der Waals surface area contributed by atoms with Gasteiger partial charge in [0, 0.05) is 24.8 Å². The third-order valence-corrected chi connectivity index (χ3v) is 3.39. The first kappa shape index (κ1) is 15.0. The van der Waals surface area contributed by atoms with E-state index < -0.39 is 0 Å². The zero-order valence-corrected chi connectivity index (χ0v) is 12.4. The Bertz CT molecular complexity index is 374. The molecule has 1 rings (SSSR count). The number of aryl methyl sites for hydroxylation is 1. The molecule has 1 atom stereocenters. The van der Waals surface area contributed by atoms with Crippen molar-refractivity contribution in [3.63, 3.8) is 0 Å². The number of anilines is 1. The van der Waals surface area contributed by atoms with Crippen molar-refractivity contribution in [2.24, 2.45) is 0 Å². The molecule has 0 aliphatic carbocycles. The highest BCUT2D eigenvalue weighted by Gasteiger charge is 2.13. The van der Waals surface area contributed by atoms with Crippen LogP contribution in [0.15, 0.2) is 18.2 Å². The van der Waals surface area contributed by atoms with E-state index in [0.717, 1.165) is 30.9 Å². The van der Waals surface area contributed by atoms with E-state index in [4.69, 9.17) is 5.73 Å². The molecule has 0 bridgehead atoms. The maximum atomic E-state index is 5.97. The SMILES string of the molecule is CCN(Cc1ccc(C)c(N)c1)C(C)CN(C)C. The van der Waals surface area contributed by atoms with Crippen molar-refractivity contribution in [1.82, 2.24) is 9.80 Å². The average Bonchev–Trinajstić information content (AvgIpc) is 2.29. The van der Waals surface area contributed by atoms with Crippen LogP contribution in [0.4, 0.5) is 5.69 Å². The second-order valence-electron chi connectivity index (χ2n) is 5.37. The number of hydrogen-bond acceptors (Lipinski definition) is 3. The largest absolute Gasteiger partial charge is 0.399 e. The molecule has 0 aliphatic rings. The smallest absolute Gasteiger partial charge is 0.0346 e. The van der Waals surface area contributed by atoms with Crippen LogP contribution >= 0.6 is 0 Å². The second-order valence-corrected chi connectivity index (χ2v) is 5.37. The summed E-state index contributed by atoms with van der Waals surface area (Å²) in [4.78, 5) is 4.71. The van der Waals surface area contributed by atoms with Gasteiger partial charge in [0.05, 0.1) is 0 Å². The highest BCUT2D eigenvalue weighted by atomic mass is 15.2. The van der Waals surface area contributed by atoms with Gasteiger partial charge in [0.1, 0.15) is 0 Å². The summed E-state index contributed by atoms with van der Waals surface area (Å²) in [6, 6.07) is 6.93. The third-order valence-electron chi connectivity index (χ3n) is 3.39. The summed E-state index contributed by atoms with van der Waals surface area (Å²) in [5.74, 6) is 0. The Kier molecular flexibility index (Phi) is 5.63. The Labute approximate surface area is 112 Å². The van der Waals surface area contributed by atoms with Crippen LogP contribution < -0.4 is 5.73 Å². The molecular formula is C15H27N3. The lowest BCUT2D eigenvalue weighted by molar-refractivity contribution is 0.174. The summed E-state index contributed by atoms with van der Waals surface area (Å²) in [6.45, 7) is 9.64. The van der Waals surface area contributed by atoms with Gasteiger partial charge in [-0.25, -0.2) is 0 Å². The van der Waals surface area contributed by atoms with Crippen molar-refractivity contribution in [2.45, 2.75) is 33.4 Å². The molecule has 3 nitrogen and oxygen atoms in total. The van der Waals surface area contributed by atoms with Crippen molar-refractivity contribution in [3.05, 3.63) is 29.3 Å². The lowest BCUT2D eigenvalue weighted by Gasteiger charge is -2.30. The lowest BCUT2D eigenvalue weighted by Crippen LogP contribution is -2.39. The van der Waals surface area contributed by atoms with Crippen LogP contribution in [-0.4, -0.2) is 43.0 Å². The molecule has 0 heterocycles. The van der Waals surface area contributed by atoms with Crippen molar-refractivity contribution in [3.8, 4) is 0 Å². The van der Waals surface area contributed by atoms with E-state index in [0.29, 0.717) is 6.04 Å². The fraction of sp³-hybridized carbons (Fsp3) is 0.600. The van der Waals surface area contributed by atoms with Crippen LogP contribution in [0.5, 0.6) is 0 Å². The molecule has 1 aromatic rings. The van der Waals surface area contributed by atoms with Crippen molar-refractivity contribution in [1.29, 1.82) is 0 Å². The molecule has 0 aromatic heterocycles. The quantitative estimate of drug-likeness (QED) is 0.786. The number of likely N-dealkylation sites (N-methyl/N-ethyl adjacent to an activating group) is 2. The molecule has 1 unspecified atom stereocenters. The van der Waals surface area contributed by atoms with Gasteiger partial charge in [0.2, 0.25) is 0 Å². The molecule has 1 aromatic carbocycles. The average molecular weight is 249 g/mol. The molecular weight excluding hydrogens is 222 g/mol. The summed E-state index contributed by atoms with van der Waals surface area (Å²) in [5.41, 5.74) is 9.31. The summed E-state index contributed by atoms with van der Waals surface area (Å²) >= 11 is 0. The summed E-state index contributed by atoms with van der Waals surface area (Å²) in [5, 5.41) is 0. The van der Waals surface area contributed by atoms with Crippen LogP contribution in [-0.2, 0) is 6.54 Å².